The molecule has 8 aromatic carbocycles. The topological polar surface area (TPSA) is 121 Å². The van der Waals surface area contributed by atoms with Crippen LogP contribution in [0.25, 0.3) is 66.4 Å². The van der Waals surface area contributed by atoms with Crippen LogP contribution in [-0.4, -0.2) is 31.8 Å². The highest BCUT2D eigenvalue weighted by Gasteiger charge is 2.24. The minimum absolute atomic E-state index is 0.138. The third-order valence-electron chi connectivity index (χ3n) is 17.5. The van der Waals surface area contributed by atoms with Gasteiger partial charge in [-0.05, 0) is 178 Å². The van der Waals surface area contributed by atoms with Gasteiger partial charge in [0.05, 0.1) is 56.9 Å². The van der Waals surface area contributed by atoms with Crippen LogP contribution in [0.4, 0.5) is 0 Å². The van der Waals surface area contributed by atoms with Crippen LogP contribution in [0.3, 0.4) is 0 Å². The van der Waals surface area contributed by atoms with Crippen molar-refractivity contribution in [2.45, 2.75) is 131 Å². The largest absolute Gasteiger partial charge is 0.352 e. The molecule has 0 aliphatic rings. The number of H-pyrrole nitrogens is 4. The lowest BCUT2D eigenvalue weighted by Crippen LogP contribution is -2.26. The smallest absolute Gasteiger partial charge is 0.251 e. The van der Waals surface area contributed by atoms with E-state index in [1.54, 1.807) is 0 Å². The highest BCUT2D eigenvalue weighted by molar-refractivity contribution is 5.99. The van der Waals surface area contributed by atoms with Crippen LogP contribution in [0, 0.1) is 35.5 Å². The van der Waals surface area contributed by atoms with E-state index >= 15 is 0 Å². The van der Waals surface area contributed by atoms with Crippen LogP contribution in [0.15, 0.2) is 182 Å². The van der Waals surface area contributed by atoms with Crippen LogP contribution in [0.1, 0.15) is 196 Å². The molecule has 12 aromatic rings. The molecule has 0 aliphatic carbocycles. The van der Waals surface area contributed by atoms with E-state index in [1.807, 2.05) is 123 Å². The Morgan fingerprint density at radius 2 is 0.598 bits per heavy atom. The van der Waals surface area contributed by atoms with Crippen LogP contribution in [-0.2, 0) is 21.7 Å². The van der Waals surface area contributed by atoms with Crippen LogP contribution in [0.5, 0.6) is 0 Å². The van der Waals surface area contributed by atoms with E-state index in [0.29, 0.717) is 11.1 Å². The quantitative estimate of drug-likeness (QED) is 0.0850. The first-order valence-electron chi connectivity index (χ1n) is 31.9. The molecule has 92 heavy (non-hydrogen) atoms. The van der Waals surface area contributed by atoms with Crippen LogP contribution >= 0.6 is 0 Å². The van der Waals surface area contributed by atoms with Gasteiger partial charge in [-0.15, -0.1) is 0 Å². The Morgan fingerprint density at radius 1 is 0.326 bits per heavy atom. The standard InChI is InChI=1S/C84H80N6O2/c1-51(55-25-17-15-18-26-55)85-79(91)61-29-21-23-53(37-61)31-33-57-39-67(81(3,4)5)43-63-47-71(87-75(57)63)73-49-65-45-69(83(9,10)11)41-59(77(65)89-73)35-36-60-42-70(84(12,13)14)46-66-50-74(90-78(60)66)72-48-64-44-68(82(6,7)8)40-58(76(64)88-72)34-32-54-24-22-30-62(38-54)80(92)86-52(2)56-27-19-16-20-28-56/h15-30,37-52,87-90H,1-14H3,(H,85,91)(H,86,92)/t51-,52-/m1/s1. The molecule has 0 bridgehead atoms. The molecule has 0 saturated heterocycles. The maximum atomic E-state index is 13.5. The fourth-order valence-corrected chi connectivity index (χ4v) is 11.8. The van der Waals surface area contributed by atoms with Gasteiger partial charge in [-0.1, -0.05) is 191 Å². The number of carbonyl (C=O) groups excluding carboxylic acids is 2. The average Bonchev–Trinajstić information content (AvgIpc) is 1.61. The van der Waals surface area contributed by atoms with Crippen molar-refractivity contribution in [3.8, 4) is 58.3 Å². The van der Waals surface area contributed by atoms with Crippen molar-refractivity contribution in [3.05, 3.63) is 260 Å². The van der Waals surface area contributed by atoms with Crippen molar-refractivity contribution in [1.29, 1.82) is 0 Å². The first-order chi connectivity index (χ1) is 43.7. The lowest BCUT2D eigenvalue weighted by Gasteiger charge is -2.20. The van der Waals surface area contributed by atoms with Crippen LogP contribution < -0.4 is 10.6 Å². The minimum Gasteiger partial charge on any atom is -0.352 e. The summed E-state index contributed by atoms with van der Waals surface area (Å²) in [7, 11) is 0. The lowest BCUT2D eigenvalue weighted by atomic mass is 9.85. The van der Waals surface area contributed by atoms with E-state index < -0.39 is 0 Å². The Kier molecular flexibility index (Phi) is 16.1. The average molecular weight is 1210 g/mol. The molecule has 8 heteroatoms. The van der Waals surface area contributed by atoms with E-state index in [2.05, 4.69) is 222 Å². The summed E-state index contributed by atoms with van der Waals surface area (Å²) in [4.78, 5) is 42.2. The molecule has 0 unspecified atom stereocenters. The van der Waals surface area contributed by atoms with Gasteiger partial charge in [0.2, 0.25) is 0 Å². The Balaban J connectivity index is 0.890. The van der Waals surface area contributed by atoms with E-state index in [1.165, 1.54) is 22.3 Å². The van der Waals surface area contributed by atoms with Crippen molar-refractivity contribution in [2.24, 2.45) is 0 Å². The zero-order valence-electron chi connectivity index (χ0n) is 55.3. The maximum absolute atomic E-state index is 13.5. The molecule has 8 nitrogen and oxygen atoms in total. The van der Waals surface area contributed by atoms with Gasteiger partial charge in [0.25, 0.3) is 11.8 Å². The van der Waals surface area contributed by atoms with Crippen molar-refractivity contribution in [3.63, 3.8) is 0 Å². The second-order valence-electron chi connectivity index (χ2n) is 28.8. The molecule has 2 atom stereocenters. The normalized spacial score (nSPS) is 12.6. The first kappa shape index (κ1) is 61.8. The summed E-state index contributed by atoms with van der Waals surface area (Å²) in [5.41, 5.74) is 20.0. The minimum atomic E-state index is -0.151. The van der Waals surface area contributed by atoms with E-state index in [0.717, 1.165) is 111 Å². The van der Waals surface area contributed by atoms with E-state index in [9.17, 15) is 9.59 Å². The van der Waals surface area contributed by atoms with E-state index in [4.69, 9.17) is 0 Å². The molecular formula is C84H80N6O2. The van der Waals surface area contributed by atoms with Gasteiger partial charge in [-0.2, -0.15) is 0 Å². The van der Waals surface area contributed by atoms with Gasteiger partial charge in [-0.25, -0.2) is 0 Å². The predicted octanol–water partition coefficient (Wildman–Crippen LogP) is 19.3. The summed E-state index contributed by atoms with van der Waals surface area (Å²) in [6.07, 6.45) is 0. The maximum Gasteiger partial charge on any atom is 0.251 e. The van der Waals surface area contributed by atoms with Crippen molar-refractivity contribution >= 4 is 55.4 Å². The number of rotatable bonds is 8. The van der Waals surface area contributed by atoms with Gasteiger partial charge in [0.1, 0.15) is 0 Å². The fraction of sp³-hybridized carbons (Fsp3) is 0.238. The van der Waals surface area contributed by atoms with Gasteiger partial charge < -0.3 is 30.6 Å². The summed E-state index contributed by atoms with van der Waals surface area (Å²) < 4.78 is 0. The van der Waals surface area contributed by atoms with Gasteiger partial charge in [-0.3, -0.25) is 9.59 Å². The zero-order valence-corrected chi connectivity index (χ0v) is 55.3. The Hall–Kier alpha value is -10.5. The number of fused-ring (bicyclic) bond motifs is 4. The summed E-state index contributed by atoms with van der Waals surface area (Å²) in [6, 6.07) is 61.6. The molecule has 12 rings (SSSR count). The molecule has 0 radical (unpaired) electrons. The zero-order chi connectivity index (χ0) is 65.0. The highest BCUT2D eigenvalue weighted by atomic mass is 16.2. The molecule has 0 aliphatic heterocycles. The number of aromatic nitrogens is 4. The van der Waals surface area contributed by atoms with Gasteiger partial charge >= 0.3 is 0 Å². The number of hydrogen-bond acceptors (Lipinski definition) is 2. The SMILES string of the molecule is C[C@@H](NC(=O)c1cccc(C#Cc2cc(C(C)(C)C)cc3cc(-c4cc5cc(C(C)(C)C)cc(C#Cc6cc(C(C)(C)C)cc7cc(-c8cc9cc(C(C)(C)C)cc(C#Cc%10cccc(C(=O)N[C@H](C)c%11ccccc%11)c%10)c9[nH]8)[nH]c67)c5[nH]4)[nH]c23)c1)c1ccccc1. The number of amides is 2. The highest BCUT2D eigenvalue weighted by Crippen LogP contribution is 2.38. The molecule has 2 amide bonds. The summed E-state index contributed by atoms with van der Waals surface area (Å²) >= 11 is 0. The van der Waals surface area contributed by atoms with Crippen molar-refractivity contribution in [2.75, 3.05) is 0 Å². The Morgan fingerprint density at radius 3 is 0.870 bits per heavy atom. The molecule has 6 N–H and O–H groups in total. The summed E-state index contributed by atoms with van der Waals surface area (Å²) in [6.45, 7) is 30.8. The van der Waals surface area contributed by atoms with Crippen molar-refractivity contribution < 1.29 is 9.59 Å². The second kappa shape index (κ2) is 24.1. The van der Waals surface area contributed by atoms with Gasteiger partial charge in [0.15, 0.2) is 0 Å². The second-order valence-corrected chi connectivity index (χ2v) is 28.8. The third kappa shape index (κ3) is 13.2. The van der Waals surface area contributed by atoms with Crippen LogP contribution in [0.2, 0.25) is 0 Å². The molecule has 4 aromatic heterocycles. The number of benzene rings is 8. The molecular weight excluding hydrogens is 1120 g/mol. The molecule has 4 heterocycles. The molecule has 0 saturated carbocycles. The monoisotopic (exact) mass is 1200 g/mol. The summed E-state index contributed by atoms with van der Waals surface area (Å²) in [5.74, 6) is 21.0. The first-order valence-corrected chi connectivity index (χ1v) is 31.9. The number of aromatic amines is 4. The fourth-order valence-electron chi connectivity index (χ4n) is 11.8. The predicted molar refractivity (Wildman–Crippen MR) is 381 cm³/mol. The number of carbonyl (C=O) groups is 2. The lowest BCUT2D eigenvalue weighted by molar-refractivity contribution is 0.0931. The molecule has 0 fully saturated rings. The van der Waals surface area contributed by atoms with Gasteiger partial charge in [0, 0.05) is 66.1 Å². The Bertz CT molecular complexity index is 4740. The third-order valence-corrected chi connectivity index (χ3v) is 17.5. The van der Waals surface area contributed by atoms with Crippen molar-refractivity contribution in [1.82, 2.24) is 30.6 Å². The summed E-state index contributed by atoms with van der Waals surface area (Å²) in [5, 5.41) is 10.6. The van der Waals surface area contributed by atoms with E-state index in [-0.39, 0.29) is 45.6 Å². The Labute approximate surface area is 541 Å². The molecule has 458 valence electrons. The number of hydrogen-bond donors (Lipinski definition) is 6. The molecule has 0 spiro atoms. The number of nitrogens with one attached hydrogen (secondary N) is 6.